The van der Waals surface area contributed by atoms with Gasteiger partial charge in [0.25, 0.3) is 0 Å². The van der Waals surface area contributed by atoms with Crippen molar-refractivity contribution in [1.82, 2.24) is 0 Å². The zero-order valence-electron chi connectivity index (χ0n) is 32.5. The molecule has 5 aromatic carbocycles. The van der Waals surface area contributed by atoms with Gasteiger partial charge >= 0.3 is 0 Å². The fourth-order valence-electron chi connectivity index (χ4n) is 4.10. The Morgan fingerprint density at radius 3 is 0.638 bits per heavy atom. The quantitative estimate of drug-likeness (QED) is 0.182. The van der Waals surface area contributed by atoms with Crippen molar-refractivity contribution >= 4 is 0 Å². The zero-order chi connectivity index (χ0) is 35.8. The molecule has 0 atom stereocenters. The molecule has 5 aromatic rings. The molecule has 0 spiro atoms. The Morgan fingerprint density at radius 2 is 0.489 bits per heavy atom. The van der Waals surface area contributed by atoms with Crippen LogP contribution in [0, 0.1) is 55.4 Å². The standard InChI is InChI=1S/C17H20.3C8H10.2C3H8/c1-13-5-9-15(10-6-13)17(3,4)16-11-7-14(2)8-12-16;3*1-7-5-3-4-6-8(7)2;2*1-3-2/h5-12H,1-4H3;3*3-6H,1-2H3;2*3H2,1-2H3. The maximum Gasteiger partial charge on any atom is 0.0146 e. The summed E-state index contributed by atoms with van der Waals surface area (Å²) in [5.74, 6) is 0. The van der Waals surface area contributed by atoms with Crippen molar-refractivity contribution in [3.63, 3.8) is 0 Å². The third-order valence-electron chi connectivity index (χ3n) is 7.82. The van der Waals surface area contributed by atoms with E-state index < -0.39 is 0 Å². The van der Waals surface area contributed by atoms with Crippen molar-refractivity contribution in [2.75, 3.05) is 0 Å². The van der Waals surface area contributed by atoms with Gasteiger partial charge in [0.05, 0.1) is 0 Å². The molecule has 0 aliphatic rings. The molecule has 5 rings (SSSR count). The number of aryl methyl sites for hydroxylation is 8. The van der Waals surface area contributed by atoms with Gasteiger partial charge < -0.3 is 0 Å². The SMILES string of the molecule is CCC.CCC.Cc1ccc(C(C)(C)c2ccc(C)cc2)cc1.Cc1ccccc1C.Cc1ccccc1C.Cc1ccccc1C. The summed E-state index contributed by atoms with van der Waals surface area (Å²) >= 11 is 0. The lowest BCUT2D eigenvalue weighted by Crippen LogP contribution is -2.18. The molecule has 0 heteroatoms. The second-order valence-corrected chi connectivity index (χ2v) is 13.0. The van der Waals surface area contributed by atoms with Crippen molar-refractivity contribution in [3.8, 4) is 0 Å². The van der Waals surface area contributed by atoms with Crippen LogP contribution in [0.25, 0.3) is 0 Å². The molecule has 254 valence electrons. The zero-order valence-corrected chi connectivity index (χ0v) is 32.5. The van der Waals surface area contributed by atoms with E-state index in [2.05, 4.69) is 218 Å². The van der Waals surface area contributed by atoms with Crippen LogP contribution >= 0.6 is 0 Å². The van der Waals surface area contributed by atoms with Gasteiger partial charge in [-0.2, -0.15) is 0 Å². The highest BCUT2D eigenvalue weighted by atomic mass is 14.3. The van der Waals surface area contributed by atoms with Gasteiger partial charge in [0.15, 0.2) is 0 Å². The van der Waals surface area contributed by atoms with E-state index in [1.807, 2.05) is 0 Å². The van der Waals surface area contributed by atoms with Crippen LogP contribution in [0.1, 0.15) is 110 Å². The van der Waals surface area contributed by atoms with E-state index in [0.717, 1.165) is 0 Å². The van der Waals surface area contributed by atoms with Gasteiger partial charge in [-0.25, -0.2) is 0 Å². The lowest BCUT2D eigenvalue weighted by atomic mass is 9.78. The van der Waals surface area contributed by atoms with Gasteiger partial charge in [0.1, 0.15) is 0 Å². The van der Waals surface area contributed by atoms with Gasteiger partial charge in [0, 0.05) is 5.41 Å². The summed E-state index contributed by atoms with van der Waals surface area (Å²) in [4.78, 5) is 0. The molecule has 0 radical (unpaired) electrons. The second kappa shape index (κ2) is 24.3. The van der Waals surface area contributed by atoms with E-state index in [1.165, 1.54) is 68.5 Å². The first-order valence-electron chi connectivity index (χ1n) is 17.5. The Labute approximate surface area is 291 Å². The predicted molar refractivity (Wildman–Crippen MR) is 214 cm³/mol. The largest absolute Gasteiger partial charge is 0.0656 e. The Balaban J connectivity index is 0.000000601. The Bertz CT molecular complexity index is 1270. The molecule has 0 unspecified atom stereocenters. The molecule has 0 bridgehead atoms. The molecule has 0 aromatic heterocycles. The van der Waals surface area contributed by atoms with Gasteiger partial charge in [-0.1, -0.05) is 187 Å². The van der Waals surface area contributed by atoms with Gasteiger partial charge in [-0.3, -0.25) is 0 Å². The maximum atomic E-state index is 2.28. The molecular formula is C47H66. The van der Waals surface area contributed by atoms with Crippen LogP contribution in [0.5, 0.6) is 0 Å². The lowest BCUT2D eigenvalue weighted by Gasteiger charge is -2.26. The first-order chi connectivity index (χ1) is 22.2. The normalized spacial score (nSPS) is 9.66. The van der Waals surface area contributed by atoms with Gasteiger partial charge in [0.2, 0.25) is 0 Å². The number of hydrogen-bond acceptors (Lipinski definition) is 0. The number of rotatable bonds is 2. The monoisotopic (exact) mass is 631 g/mol. The minimum atomic E-state index is 0.0708. The van der Waals surface area contributed by atoms with Gasteiger partial charge in [-0.15, -0.1) is 0 Å². The number of hydrogen-bond donors (Lipinski definition) is 0. The highest BCUT2D eigenvalue weighted by molar-refractivity contribution is 5.39. The molecule has 0 fully saturated rings. The van der Waals surface area contributed by atoms with Crippen LogP contribution in [-0.4, -0.2) is 0 Å². The average Bonchev–Trinajstić information content (AvgIpc) is 3.04. The first kappa shape index (κ1) is 43.1. The summed E-state index contributed by atoms with van der Waals surface area (Å²) in [6.07, 6.45) is 2.50. The summed E-state index contributed by atoms with van der Waals surface area (Å²) in [7, 11) is 0. The fraction of sp³-hybridized carbons (Fsp3) is 0.362. The van der Waals surface area contributed by atoms with Crippen LogP contribution in [-0.2, 0) is 5.41 Å². The summed E-state index contributed by atoms with van der Waals surface area (Å²) in [6.45, 7) is 30.0. The fourth-order valence-corrected chi connectivity index (χ4v) is 4.10. The first-order valence-corrected chi connectivity index (χ1v) is 17.5. The summed E-state index contributed by atoms with van der Waals surface area (Å²) in [6, 6.07) is 42.7. The topological polar surface area (TPSA) is 0 Å². The Hall–Kier alpha value is -3.90. The molecule has 0 amide bonds. The number of benzene rings is 5. The molecule has 0 N–H and O–H groups in total. The molecule has 0 saturated carbocycles. The van der Waals surface area contributed by atoms with Crippen LogP contribution in [0.15, 0.2) is 121 Å². The summed E-state index contributed by atoms with van der Waals surface area (Å²) < 4.78 is 0. The van der Waals surface area contributed by atoms with Crippen LogP contribution < -0.4 is 0 Å². The molecule has 0 nitrogen and oxygen atoms in total. The van der Waals surface area contributed by atoms with Crippen LogP contribution in [0.3, 0.4) is 0 Å². The molecular weight excluding hydrogens is 565 g/mol. The van der Waals surface area contributed by atoms with Crippen LogP contribution in [0.4, 0.5) is 0 Å². The maximum absolute atomic E-state index is 2.28. The average molecular weight is 631 g/mol. The third kappa shape index (κ3) is 18.1. The third-order valence-corrected chi connectivity index (χ3v) is 7.82. The Kier molecular flexibility index (Phi) is 22.3. The van der Waals surface area contributed by atoms with E-state index in [1.54, 1.807) is 0 Å². The molecule has 0 heterocycles. The predicted octanol–water partition coefficient (Wildman–Crippen LogP) is 14.4. The van der Waals surface area contributed by atoms with E-state index in [0.29, 0.717) is 0 Å². The summed E-state index contributed by atoms with van der Waals surface area (Å²) in [5, 5.41) is 0. The van der Waals surface area contributed by atoms with Gasteiger partial charge in [-0.05, 0) is 99.9 Å². The van der Waals surface area contributed by atoms with E-state index in [4.69, 9.17) is 0 Å². The minimum Gasteiger partial charge on any atom is -0.0656 e. The highest BCUT2D eigenvalue weighted by Crippen LogP contribution is 2.31. The smallest absolute Gasteiger partial charge is 0.0146 e. The molecule has 0 saturated heterocycles. The Morgan fingerprint density at radius 1 is 0.319 bits per heavy atom. The van der Waals surface area contributed by atoms with Crippen molar-refractivity contribution in [2.45, 2.75) is 115 Å². The van der Waals surface area contributed by atoms with Crippen molar-refractivity contribution in [2.24, 2.45) is 0 Å². The summed E-state index contributed by atoms with van der Waals surface area (Å²) in [5.41, 5.74) is 13.6. The van der Waals surface area contributed by atoms with Crippen molar-refractivity contribution in [3.05, 3.63) is 177 Å². The minimum absolute atomic E-state index is 0.0708. The molecule has 0 aliphatic heterocycles. The molecule has 0 aliphatic carbocycles. The highest BCUT2D eigenvalue weighted by Gasteiger charge is 2.22. The van der Waals surface area contributed by atoms with E-state index in [9.17, 15) is 0 Å². The molecule has 47 heavy (non-hydrogen) atoms. The van der Waals surface area contributed by atoms with E-state index >= 15 is 0 Å². The second-order valence-electron chi connectivity index (χ2n) is 13.0. The van der Waals surface area contributed by atoms with Crippen LogP contribution in [0.2, 0.25) is 0 Å². The van der Waals surface area contributed by atoms with Crippen molar-refractivity contribution < 1.29 is 0 Å². The van der Waals surface area contributed by atoms with Crippen molar-refractivity contribution in [1.29, 1.82) is 0 Å². The van der Waals surface area contributed by atoms with E-state index in [-0.39, 0.29) is 5.41 Å². The lowest BCUT2D eigenvalue weighted by molar-refractivity contribution is 0.640.